The van der Waals surface area contributed by atoms with Crippen molar-refractivity contribution >= 4 is 5.78 Å². The van der Waals surface area contributed by atoms with Crippen molar-refractivity contribution in [3.63, 3.8) is 0 Å². The molecular weight excluding hydrogens is 260 g/mol. The molecule has 0 N–H and O–H groups in total. The molecule has 0 aromatic heterocycles. The maximum Gasteiger partial charge on any atom is 0.141 e. The Kier molecular flexibility index (Phi) is 6.44. The molecule has 0 spiro atoms. The van der Waals surface area contributed by atoms with Crippen molar-refractivity contribution in [1.29, 1.82) is 0 Å². The summed E-state index contributed by atoms with van der Waals surface area (Å²) in [5, 5.41) is 0. The van der Waals surface area contributed by atoms with Gasteiger partial charge < -0.3 is 4.74 Å². The van der Waals surface area contributed by atoms with Crippen molar-refractivity contribution in [2.24, 2.45) is 11.3 Å². The summed E-state index contributed by atoms with van der Waals surface area (Å²) in [6.07, 6.45) is 2.70. The average molecular weight is 290 g/mol. The van der Waals surface area contributed by atoms with E-state index in [0.29, 0.717) is 12.4 Å². The maximum atomic E-state index is 12.3. The molecule has 1 aromatic carbocycles. The van der Waals surface area contributed by atoms with Crippen molar-refractivity contribution in [1.82, 2.24) is 0 Å². The molecule has 0 saturated carbocycles. The molecule has 2 nitrogen and oxygen atoms in total. The van der Waals surface area contributed by atoms with Crippen LogP contribution in [0, 0.1) is 25.2 Å². The van der Waals surface area contributed by atoms with Gasteiger partial charge in [0.1, 0.15) is 11.5 Å². The Hall–Kier alpha value is -1.31. The fourth-order valence-corrected chi connectivity index (χ4v) is 2.53. The minimum Gasteiger partial charge on any atom is -0.493 e. The lowest BCUT2D eigenvalue weighted by Crippen LogP contribution is -2.29. The number of ketones is 1. The Labute approximate surface area is 129 Å². The minimum atomic E-state index is -0.250. The van der Waals surface area contributed by atoms with E-state index in [1.165, 1.54) is 5.56 Å². The Morgan fingerprint density at radius 3 is 2.57 bits per heavy atom. The SMILES string of the molecule is CCC(C)C(=O)C(C)(C)CCCOc1cc(C)ccc1C. The van der Waals surface area contributed by atoms with Gasteiger partial charge in [0.2, 0.25) is 0 Å². The highest BCUT2D eigenvalue weighted by atomic mass is 16.5. The monoisotopic (exact) mass is 290 g/mol. The number of carbonyl (C=O) groups is 1. The predicted molar refractivity (Wildman–Crippen MR) is 88.9 cm³/mol. The van der Waals surface area contributed by atoms with Gasteiger partial charge in [-0.25, -0.2) is 0 Å². The van der Waals surface area contributed by atoms with E-state index in [4.69, 9.17) is 4.74 Å². The summed E-state index contributed by atoms with van der Waals surface area (Å²) in [4.78, 5) is 12.3. The van der Waals surface area contributed by atoms with Crippen molar-refractivity contribution < 1.29 is 9.53 Å². The molecule has 0 aliphatic carbocycles. The van der Waals surface area contributed by atoms with E-state index < -0.39 is 0 Å². The van der Waals surface area contributed by atoms with E-state index in [9.17, 15) is 4.79 Å². The first-order valence-electron chi connectivity index (χ1n) is 8.02. The normalized spacial score (nSPS) is 13.0. The van der Waals surface area contributed by atoms with Crippen LogP contribution in [0.1, 0.15) is 58.1 Å². The van der Waals surface area contributed by atoms with Crippen LogP contribution in [0.25, 0.3) is 0 Å². The zero-order valence-electron chi connectivity index (χ0n) is 14.5. The van der Waals surface area contributed by atoms with Crippen LogP contribution < -0.4 is 4.74 Å². The molecule has 1 aromatic rings. The van der Waals surface area contributed by atoms with Crippen molar-refractivity contribution in [2.75, 3.05) is 6.61 Å². The number of hydrogen-bond donors (Lipinski definition) is 0. The van der Waals surface area contributed by atoms with Crippen molar-refractivity contribution in [3.8, 4) is 5.75 Å². The second-order valence-corrected chi connectivity index (χ2v) is 6.78. The highest BCUT2D eigenvalue weighted by Crippen LogP contribution is 2.28. The van der Waals surface area contributed by atoms with E-state index in [1.54, 1.807) is 0 Å². The van der Waals surface area contributed by atoms with Crippen LogP contribution in [0.2, 0.25) is 0 Å². The van der Waals surface area contributed by atoms with Gasteiger partial charge in [-0.3, -0.25) is 4.79 Å². The van der Waals surface area contributed by atoms with Gasteiger partial charge in [-0.1, -0.05) is 39.8 Å². The van der Waals surface area contributed by atoms with Gasteiger partial charge >= 0.3 is 0 Å². The standard InChI is InChI=1S/C19H30O2/c1-7-15(3)18(20)19(5,6)11-8-12-21-17-13-14(2)9-10-16(17)4/h9-10,13,15H,7-8,11-12H2,1-6H3. The number of Topliss-reactive ketones (excluding diaryl/α,β-unsaturated/α-hetero) is 1. The molecule has 0 aliphatic heterocycles. The Morgan fingerprint density at radius 1 is 1.29 bits per heavy atom. The first-order chi connectivity index (χ1) is 9.77. The molecule has 0 bridgehead atoms. The van der Waals surface area contributed by atoms with Gasteiger partial charge in [-0.05, 0) is 50.3 Å². The average Bonchev–Trinajstić information content (AvgIpc) is 2.45. The summed E-state index contributed by atoms with van der Waals surface area (Å²) in [6.45, 7) is 13.0. The first kappa shape index (κ1) is 17.7. The summed E-state index contributed by atoms with van der Waals surface area (Å²) >= 11 is 0. The summed E-state index contributed by atoms with van der Waals surface area (Å²) < 4.78 is 5.87. The number of aryl methyl sites for hydroxylation is 2. The molecule has 0 saturated heterocycles. The zero-order valence-corrected chi connectivity index (χ0v) is 14.5. The molecule has 0 amide bonds. The summed E-state index contributed by atoms with van der Waals surface area (Å²) in [7, 11) is 0. The quantitative estimate of drug-likeness (QED) is 0.622. The van der Waals surface area contributed by atoms with E-state index in [0.717, 1.165) is 30.6 Å². The van der Waals surface area contributed by atoms with Crippen LogP contribution >= 0.6 is 0 Å². The predicted octanol–water partition coefficient (Wildman–Crippen LogP) is 5.10. The molecule has 2 heteroatoms. The minimum absolute atomic E-state index is 0.153. The third-order valence-electron chi connectivity index (χ3n) is 4.27. The number of carbonyl (C=O) groups excluding carboxylic acids is 1. The summed E-state index contributed by atoms with van der Waals surface area (Å²) in [6, 6.07) is 6.25. The number of benzene rings is 1. The fraction of sp³-hybridized carbons (Fsp3) is 0.632. The van der Waals surface area contributed by atoms with Gasteiger partial charge in [-0.2, -0.15) is 0 Å². The molecule has 1 atom stereocenters. The third kappa shape index (κ3) is 5.18. The smallest absolute Gasteiger partial charge is 0.141 e. The summed E-state index contributed by atoms with van der Waals surface area (Å²) in [5.74, 6) is 1.48. The second kappa shape index (κ2) is 7.63. The van der Waals surface area contributed by atoms with Gasteiger partial charge in [0.05, 0.1) is 6.61 Å². The summed E-state index contributed by atoms with van der Waals surface area (Å²) in [5.41, 5.74) is 2.12. The molecule has 1 unspecified atom stereocenters. The number of ether oxygens (including phenoxy) is 1. The van der Waals surface area contributed by atoms with Gasteiger partial charge in [-0.15, -0.1) is 0 Å². The molecule has 21 heavy (non-hydrogen) atoms. The van der Waals surface area contributed by atoms with Crippen LogP contribution in [0.3, 0.4) is 0 Å². The van der Waals surface area contributed by atoms with Crippen LogP contribution in [0.5, 0.6) is 5.75 Å². The van der Waals surface area contributed by atoms with E-state index in [1.807, 2.05) is 6.92 Å². The highest BCUT2D eigenvalue weighted by molar-refractivity contribution is 5.85. The lowest BCUT2D eigenvalue weighted by Gasteiger charge is -2.26. The van der Waals surface area contributed by atoms with E-state index in [-0.39, 0.29) is 11.3 Å². The van der Waals surface area contributed by atoms with Crippen LogP contribution in [0.15, 0.2) is 18.2 Å². The van der Waals surface area contributed by atoms with Gasteiger partial charge in [0.25, 0.3) is 0 Å². The Morgan fingerprint density at radius 2 is 1.95 bits per heavy atom. The van der Waals surface area contributed by atoms with Crippen LogP contribution in [0.4, 0.5) is 0 Å². The third-order valence-corrected chi connectivity index (χ3v) is 4.27. The molecule has 0 aliphatic rings. The zero-order chi connectivity index (χ0) is 16.0. The largest absolute Gasteiger partial charge is 0.493 e. The highest BCUT2D eigenvalue weighted by Gasteiger charge is 2.29. The van der Waals surface area contributed by atoms with Gasteiger partial charge in [0.15, 0.2) is 0 Å². The van der Waals surface area contributed by atoms with E-state index in [2.05, 4.69) is 52.8 Å². The lowest BCUT2D eigenvalue weighted by atomic mass is 9.78. The molecular formula is C19H30O2. The van der Waals surface area contributed by atoms with Crippen molar-refractivity contribution in [3.05, 3.63) is 29.3 Å². The lowest BCUT2D eigenvalue weighted by molar-refractivity contribution is -0.131. The number of rotatable bonds is 8. The van der Waals surface area contributed by atoms with Gasteiger partial charge in [0, 0.05) is 11.3 Å². The van der Waals surface area contributed by atoms with E-state index >= 15 is 0 Å². The molecule has 0 radical (unpaired) electrons. The first-order valence-corrected chi connectivity index (χ1v) is 8.02. The topological polar surface area (TPSA) is 26.3 Å². The fourth-order valence-electron chi connectivity index (χ4n) is 2.53. The Balaban J connectivity index is 2.46. The van der Waals surface area contributed by atoms with Crippen molar-refractivity contribution in [2.45, 2.75) is 60.8 Å². The number of hydrogen-bond acceptors (Lipinski definition) is 2. The molecule has 0 fully saturated rings. The molecule has 118 valence electrons. The second-order valence-electron chi connectivity index (χ2n) is 6.78. The van der Waals surface area contributed by atoms with Crippen LogP contribution in [-0.2, 0) is 4.79 Å². The Bertz CT molecular complexity index is 474. The maximum absolute atomic E-state index is 12.3. The molecule has 0 heterocycles. The molecule has 1 rings (SSSR count). The van der Waals surface area contributed by atoms with Crippen LogP contribution in [-0.4, -0.2) is 12.4 Å².